The van der Waals surface area contributed by atoms with Gasteiger partial charge in [-0.25, -0.2) is 9.97 Å². The van der Waals surface area contributed by atoms with Crippen molar-refractivity contribution < 1.29 is 13.2 Å². The number of hydrogen-bond donors (Lipinski definition) is 1. The van der Waals surface area contributed by atoms with Gasteiger partial charge in [-0.3, -0.25) is 9.67 Å². The first-order chi connectivity index (χ1) is 12.0. The number of halogens is 3. The molecular formula is C17H12F3N5. The maximum absolute atomic E-state index is 13.1. The molecule has 25 heavy (non-hydrogen) atoms. The minimum atomic E-state index is -4.49. The van der Waals surface area contributed by atoms with Crippen molar-refractivity contribution in [2.75, 3.05) is 0 Å². The zero-order valence-corrected chi connectivity index (χ0v) is 12.9. The molecule has 4 aromatic rings. The van der Waals surface area contributed by atoms with Gasteiger partial charge in [0.2, 0.25) is 0 Å². The van der Waals surface area contributed by atoms with E-state index in [0.717, 1.165) is 41.3 Å². The number of rotatable bonds is 2. The number of aromatic nitrogens is 5. The maximum Gasteiger partial charge on any atom is 0.433 e. The second-order valence-electron chi connectivity index (χ2n) is 6.26. The molecule has 126 valence electrons. The van der Waals surface area contributed by atoms with Crippen molar-refractivity contribution in [1.82, 2.24) is 24.7 Å². The molecule has 1 fully saturated rings. The number of imidazole rings is 1. The van der Waals surface area contributed by atoms with E-state index in [2.05, 4.69) is 20.2 Å². The summed E-state index contributed by atoms with van der Waals surface area (Å²) in [6.45, 7) is 0. The molecule has 0 radical (unpaired) electrons. The van der Waals surface area contributed by atoms with Crippen LogP contribution in [0.2, 0.25) is 0 Å². The Balaban J connectivity index is 1.80. The monoisotopic (exact) mass is 343 g/mol. The van der Waals surface area contributed by atoms with E-state index in [4.69, 9.17) is 0 Å². The van der Waals surface area contributed by atoms with Crippen LogP contribution in [0.15, 0.2) is 36.5 Å². The molecule has 1 aromatic carbocycles. The number of pyridine rings is 1. The fraction of sp³-hybridized carbons (Fsp3) is 0.235. The average molecular weight is 343 g/mol. The number of nitrogens with one attached hydrogen (secondary N) is 1. The van der Waals surface area contributed by atoms with Crippen molar-refractivity contribution in [3.8, 4) is 5.69 Å². The van der Waals surface area contributed by atoms with Gasteiger partial charge in [-0.05, 0) is 43.2 Å². The van der Waals surface area contributed by atoms with Crippen LogP contribution in [0.25, 0.3) is 27.8 Å². The molecule has 0 atom stereocenters. The van der Waals surface area contributed by atoms with Crippen LogP contribution in [-0.4, -0.2) is 24.7 Å². The van der Waals surface area contributed by atoms with E-state index in [-0.39, 0.29) is 11.6 Å². The van der Waals surface area contributed by atoms with Crippen LogP contribution in [0.5, 0.6) is 0 Å². The molecule has 0 spiro atoms. The SMILES string of the molecule is FC(F)(F)c1ccc2nc(C3CC3)n(-c3ccc4[nH]ncc4c3)c2n1. The molecule has 1 N–H and O–H groups in total. The van der Waals surface area contributed by atoms with Crippen LogP contribution < -0.4 is 0 Å². The van der Waals surface area contributed by atoms with E-state index in [1.54, 1.807) is 10.8 Å². The Morgan fingerprint density at radius 1 is 1.08 bits per heavy atom. The highest BCUT2D eigenvalue weighted by Crippen LogP contribution is 2.42. The highest BCUT2D eigenvalue weighted by atomic mass is 19.4. The van der Waals surface area contributed by atoms with Gasteiger partial charge < -0.3 is 0 Å². The summed E-state index contributed by atoms with van der Waals surface area (Å²) in [7, 11) is 0. The minimum Gasteiger partial charge on any atom is -0.280 e. The van der Waals surface area contributed by atoms with E-state index in [1.165, 1.54) is 6.07 Å². The predicted molar refractivity (Wildman–Crippen MR) is 85.5 cm³/mol. The molecule has 3 aromatic heterocycles. The number of fused-ring (bicyclic) bond motifs is 2. The molecule has 5 nitrogen and oxygen atoms in total. The van der Waals surface area contributed by atoms with Gasteiger partial charge in [0.1, 0.15) is 17.0 Å². The largest absolute Gasteiger partial charge is 0.433 e. The second kappa shape index (κ2) is 4.81. The summed E-state index contributed by atoms with van der Waals surface area (Å²) in [5, 5.41) is 7.74. The highest BCUT2D eigenvalue weighted by molar-refractivity contribution is 5.82. The van der Waals surface area contributed by atoms with Crippen LogP contribution in [-0.2, 0) is 6.18 Å². The Hall–Kier alpha value is -2.90. The van der Waals surface area contributed by atoms with E-state index in [0.29, 0.717) is 5.52 Å². The van der Waals surface area contributed by atoms with Gasteiger partial charge >= 0.3 is 6.18 Å². The van der Waals surface area contributed by atoms with Gasteiger partial charge in [0, 0.05) is 17.0 Å². The molecule has 1 aliphatic rings. The first-order valence-corrected chi connectivity index (χ1v) is 7.91. The van der Waals surface area contributed by atoms with Gasteiger partial charge in [-0.15, -0.1) is 0 Å². The van der Waals surface area contributed by atoms with Crippen LogP contribution in [0.1, 0.15) is 30.3 Å². The number of aromatic amines is 1. The fourth-order valence-electron chi connectivity index (χ4n) is 3.07. The van der Waals surface area contributed by atoms with E-state index in [1.807, 2.05) is 18.2 Å². The lowest BCUT2D eigenvalue weighted by Crippen LogP contribution is -2.09. The standard InChI is InChI=1S/C17H12F3N5/c18-17(19,20)14-6-5-13-16(23-14)25(15(22-13)9-1-2-9)11-3-4-12-10(7-11)8-21-24-12/h3-9H,1-2H2,(H,21,24). The fourth-order valence-corrected chi connectivity index (χ4v) is 3.07. The van der Waals surface area contributed by atoms with Crippen molar-refractivity contribution in [3.05, 3.63) is 48.0 Å². The first kappa shape index (κ1) is 14.4. The summed E-state index contributed by atoms with van der Waals surface area (Å²) in [6.07, 6.45) is -0.826. The summed E-state index contributed by atoms with van der Waals surface area (Å²) in [6, 6.07) is 7.95. The normalized spacial score (nSPS) is 15.3. The Bertz CT molecular complexity index is 1100. The predicted octanol–water partition coefficient (Wildman–Crippen LogP) is 4.19. The summed E-state index contributed by atoms with van der Waals surface area (Å²) in [4.78, 5) is 8.43. The average Bonchev–Trinajstić information content (AvgIpc) is 3.19. The van der Waals surface area contributed by atoms with Gasteiger partial charge in [0.25, 0.3) is 0 Å². The number of nitrogens with zero attached hydrogens (tertiary/aromatic N) is 4. The molecule has 0 saturated heterocycles. The topological polar surface area (TPSA) is 59.4 Å². The molecular weight excluding hydrogens is 331 g/mol. The third kappa shape index (κ3) is 2.28. The van der Waals surface area contributed by atoms with Crippen molar-refractivity contribution in [2.24, 2.45) is 0 Å². The summed E-state index contributed by atoms with van der Waals surface area (Å²) in [5.74, 6) is 1.04. The number of benzene rings is 1. The zero-order valence-electron chi connectivity index (χ0n) is 12.9. The third-order valence-electron chi connectivity index (χ3n) is 4.45. The molecule has 3 heterocycles. The Labute approximate surface area is 139 Å². The molecule has 0 amide bonds. The summed E-state index contributed by atoms with van der Waals surface area (Å²) < 4.78 is 41.0. The number of alkyl halides is 3. The number of H-pyrrole nitrogens is 1. The van der Waals surface area contributed by atoms with Crippen LogP contribution in [0, 0.1) is 0 Å². The number of hydrogen-bond acceptors (Lipinski definition) is 3. The van der Waals surface area contributed by atoms with Crippen molar-refractivity contribution in [3.63, 3.8) is 0 Å². The minimum absolute atomic E-state index is 0.236. The molecule has 5 rings (SSSR count). The lowest BCUT2D eigenvalue weighted by atomic mass is 10.2. The zero-order chi connectivity index (χ0) is 17.2. The van der Waals surface area contributed by atoms with Crippen LogP contribution in [0.4, 0.5) is 13.2 Å². The van der Waals surface area contributed by atoms with E-state index < -0.39 is 11.9 Å². The highest BCUT2D eigenvalue weighted by Gasteiger charge is 2.35. The maximum atomic E-state index is 13.1. The van der Waals surface area contributed by atoms with Crippen molar-refractivity contribution in [1.29, 1.82) is 0 Å². The van der Waals surface area contributed by atoms with Gasteiger partial charge in [-0.1, -0.05) is 0 Å². The van der Waals surface area contributed by atoms with Gasteiger partial charge in [-0.2, -0.15) is 18.3 Å². The molecule has 8 heteroatoms. The summed E-state index contributed by atoms with van der Waals surface area (Å²) >= 11 is 0. The Morgan fingerprint density at radius 2 is 1.92 bits per heavy atom. The molecule has 1 saturated carbocycles. The Kier molecular flexibility index (Phi) is 2.78. The van der Waals surface area contributed by atoms with E-state index in [9.17, 15) is 13.2 Å². The second-order valence-corrected chi connectivity index (χ2v) is 6.26. The molecule has 0 unspecified atom stereocenters. The lowest BCUT2D eigenvalue weighted by molar-refractivity contribution is -0.141. The quantitative estimate of drug-likeness (QED) is 0.594. The smallest absolute Gasteiger partial charge is 0.280 e. The summed E-state index contributed by atoms with van der Waals surface area (Å²) in [5.41, 5.74) is 1.41. The molecule has 1 aliphatic carbocycles. The van der Waals surface area contributed by atoms with Gasteiger partial charge in [0.15, 0.2) is 5.65 Å². The van der Waals surface area contributed by atoms with Crippen molar-refractivity contribution >= 4 is 22.1 Å². The first-order valence-electron chi connectivity index (χ1n) is 7.91. The van der Waals surface area contributed by atoms with E-state index >= 15 is 0 Å². The lowest BCUT2D eigenvalue weighted by Gasteiger charge is -2.10. The van der Waals surface area contributed by atoms with Gasteiger partial charge in [0.05, 0.1) is 11.7 Å². The molecule has 0 bridgehead atoms. The molecule has 0 aliphatic heterocycles. The third-order valence-corrected chi connectivity index (χ3v) is 4.45. The van der Waals surface area contributed by atoms with Crippen molar-refractivity contribution in [2.45, 2.75) is 24.9 Å². The Morgan fingerprint density at radius 3 is 2.68 bits per heavy atom. The van der Waals surface area contributed by atoms with Crippen LogP contribution in [0.3, 0.4) is 0 Å². The van der Waals surface area contributed by atoms with Crippen LogP contribution >= 0.6 is 0 Å².